The summed E-state index contributed by atoms with van der Waals surface area (Å²) >= 11 is 3.30. The van der Waals surface area contributed by atoms with Crippen molar-refractivity contribution in [1.29, 1.82) is 0 Å². The van der Waals surface area contributed by atoms with Crippen molar-refractivity contribution >= 4 is 33.3 Å². The molecule has 0 radical (unpaired) electrons. The maximum atomic E-state index is 11.3. The van der Waals surface area contributed by atoms with Gasteiger partial charge in [-0.3, -0.25) is 14.9 Å². The van der Waals surface area contributed by atoms with Crippen LogP contribution in [-0.4, -0.2) is 24.5 Å². The van der Waals surface area contributed by atoms with Crippen LogP contribution in [0.3, 0.4) is 0 Å². The van der Waals surface area contributed by atoms with Gasteiger partial charge in [-0.15, -0.1) is 0 Å². The van der Waals surface area contributed by atoms with Crippen molar-refractivity contribution in [1.82, 2.24) is 0 Å². The van der Waals surface area contributed by atoms with E-state index < -0.39 is 4.92 Å². The molecule has 1 saturated carbocycles. The van der Waals surface area contributed by atoms with Gasteiger partial charge in [0.05, 0.1) is 18.0 Å². The van der Waals surface area contributed by atoms with Gasteiger partial charge in [0.2, 0.25) is 0 Å². The van der Waals surface area contributed by atoms with E-state index in [4.69, 9.17) is 0 Å². The molecule has 1 fully saturated rings. The number of nitro groups is 1. The topological polar surface area (TPSA) is 81.5 Å². The summed E-state index contributed by atoms with van der Waals surface area (Å²) in [5.74, 6) is 0.150. The molecule has 1 aliphatic rings. The lowest BCUT2D eigenvalue weighted by molar-refractivity contribution is -0.384. The summed E-state index contributed by atoms with van der Waals surface area (Å²) in [5, 5.41) is 14.0. The Hall–Kier alpha value is -1.63. The second kappa shape index (κ2) is 6.21. The van der Waals surface area contributed by atoms with E-state index in [2.05, 4.69) is 26.0 Å². The van der Waals surface area contributed by atoms with Gasteiger partial charge in [0.1, 0.15) is 5.69 Å². The molecule has 6 nitrogen and oxygen atoms in total. The maximum absolute atomic E-state index is 11.3. The molecule has 0 amide bonds. The summed E-state index contributed by atoms with van der Waals surface area (Å²) in [4.78, 5) is 21.8. The zero-order valence-corrected chi connectivity index (χ0v) is 12.6. The molecule has 0 spiro atoms. The molecule has 108 valence electrons. The van der Waals surface area contributed by atoms with Gasteiger partial charge in [-0.05, 0) is 30.9 Å². The molecule has 20 heavy (non-hydrogen) atoms. The van der Waals surface area contributed by atoms with Gasteiger partial charge in [0.15, 0.2) is 0 Å². The highest BCUT2D eigenvalue weighted by atomic mass is 79.9. The Balaban J connectivity index is 1.91. The van der Waals surface area contributed by atoms with E-state index in [1.165, 1.54) is 13.2 Å². The number of carbonyl (C=O) groups is 1. The number of nitrogens with zero attached hydrogens (tertiary/aromatic N) is 1. The third kappa shape index (κ3) is 3.27. The first-order valence-electron chi connectivity index (χ1n) is 6.27. The van der Waals surface area contributed by atoms with Crippen LogP contribution in [-0.2, 0) is 9.53 Å². The number of nitro benzene ring substituents is 1. The molecule has 0 atom stereocenters. The van der Waals surface area contributed by atoms with Gasteiger partial charge in [-0.2, -0.15) is 0 Å². The molecule has 2 rings (SSSR count). The van der Waals surface area contributed by atoms with Gasteiger partial charge >= 0.3 is 5.97 Å². The largest absolute Gasteiger partial charge is 0.469 e. The van der Waals surface area contributed by atoms with Crippen molar-refractivity contribution in [2.45, 2.75) is 12.8 Å². The fraction of sp³-hybridized carbons (Fsp3) is 0.462. The number of esters is 1. The molecule has 7 heteroatoms. The Morgan fingerprint density at radius 3 is 2.85 bits per heavy atom. The van der Waals surface area contributed by atoms with Gasteiger partial charge in [0.25, 0.3) is 5.69 Å². The standard InChI is InChI=1S/C13H15BrN2O4/c1-20-13(17)9-4-8(5-9)7-15-11-6-10(14)2-3-12(11)16(18)19/h2-3,6,8-9,15H,4-5,7H2,1H3. The van der Waals surface area contributed by atoms with Crippen LogP contribution < -0.4 is 5.32 Å². The van der Waals surface area contributed by atoms with E-state index in [0.29, 0.717) is 18.2 Å². The molecule has 0 aromatic heterocycles. The number of halogens is 1. The van der Waals surface area contributed by atoms with E-state index in [1.807, 2.05) is 0 Å². The molecule has 0 aliphatic heterocycles. The van der Waals surface area contributed by atoms with Crippen molar-refractivity contribution in [3.63, 3.8) is 0 Å². The molecule has 0 saturated heterocycles. The lowest BCUT2D eigenvalue weighted by Gasteiger charge is -2.33. The summed E-state index contributed by atoms with van der Waals surface area (Å²) < 4.78 is 5.46. The smallest absolute Gasteiger partial charge is 0.308 e. The number of ether oxygens (including phenoxy) is 1. The lowest BCUT2D eigenvalue weighted by atomic mass is 9.75. The van der Waals surface area contributed by atoms with Gasteiger partial charge in [-0.1, -0.05) is 15.9 Å². The Kier molecular flexibility index (Phi) is 4.59. The van der Waals surface area contributed by atoms with Crippen LogP contribution in [0, 0.1) is 22.0 Å². The Bertz CT molecular complexity index is 529. The zero-order chi connectivity index (χ0) is 14.7. The number of nitrogens with one attached hydrogen (secondary N) is 1. The van der Waals surface area contributed by atoms with Crippen molar-refractivity contribution in [2.24, 2.45) is 11.8 Å². The van der Waals surface area contributed by atoms with Gasteiger partial charge in [-0.25, -0.2) is 0 Å². The van der Waals surface area contributed by atoms with Crippen LogP contribution in [0.25, 0.3) is 0 Å². The average molecular weight is 343 g/mol. The van der Waals surface area contributed by atoms with Crippen LogP contribution in [0.5, 0.6) is 0 Å². The first-order valence-corrected chi connectivity index (χ1v) is 7.06. The maximum Gasteiger partial charge on any atom is 0.308 e. The number of methoxy groups -OCH3 is 1. The minimum atomic E-state index is -0.410. The molecule has 1 aromatic carbocycles. The summed E-state index contributed by atoms with van der Waals surface area (Å²) in [7, 11) is 1.39. The number of hydrogen-bond donors (Lipinski definition) is 1. The predicted molar refractivity (Wildman–Crippen MR) is 77.5 cm³/mol. The van der Waals surface area contributed by atoms with Crippen LogP contribution in [0.4, 0.5) is 11.4 Å². The Morgan fingerprint density at radius 1 is 1.55 bits per heavy atom. The van der Waals surface area contributed by atoms with Crippen LogP contribution >= 0.6 is 15.9 Å². The van der Waals surface area contributed by atoms with E-state index >= 15 is 0 Å². The molecule has 0 heterocycles. The quantitative estimate of drug-likeness (QED) is 0.505. The average Bonchev–Trinajstić information content (AvgIpc) is 2.36. The molecule has 1 N–H and O–H groups in total. The second-order valence-electron chi connectivity index (χ2n) is 4.86. The summed E-state index contributed by atoms with van der Waals surface area (Å²) in [6, 6.07) is 4.79. The highest BCUT2D eigenvalue weighted by molar-refractivity contribution is 9.10. The highest BCUT2D eigenvalue weighted by Gasteiger charge is 2.35. The number of rotatable bonds is 5. The fourth-order valence-corrected chi connectivity index (χ4v) is 2.69. The Labute approximate surface area is 124 Å². The molecule has 1 aromatic rings. The van der Waals surface area contributed by atoms with Crippen LogP contribution in [0.2, 0.25) is 0 Å². The fourth-order valence-electron chi connectivity index (χ4n) is 2.32. The first-order chi connectivity index (χ1) is 9.51. The first kappa shape index (κ1) is 14.8. The van der Waals surface area contributed by atoms with Crippen molar-refractivity contribution in [3.8, 4) is 0 Å². The van der Waals surface area contributed by atoms with Gasteiger partial charge < -0.3 is 10.1 Å². The monoisotopic (exact) mass is 342 g/mol. The van der Waals surface area contributed by atoms with E-state index in [1.54, 1.807) is 12.1 Å². The predicted octanol–water partition coefficient (Wildman–Crippen LogP) is 2.97. The van der Waals surface area contributed by atoms with Crippen molar-refractivity contribution < 1.29 is 14.5 Å². The van der Waals surface area contributed by atoms with E-state index in [9.17, 15) is 14.9 Å². The molecule has 1 aliphatic carbocycles. The minimum Gasteiger partial charge on any atom is -0.469 e. The number of hydrogen-bond acceptors (Lipinski definition) is 5. The van der Waals surface area contributed by atoms with Crippen molar-refractivity contribution in [2.75, 3.05) is 19.0 Å². The normalized spacial score (nSPS) is 20.9. The number of benzene rings is 1. The molecular formula is C13H15BrN2O4. The number of carbonyl (C=O) groups excluding carboxylic acids is 1. The summed E-state index contributed by atoms with van der Waals surface area (Å²) in [6.07, 6.45) is 1.53. The van der Waals surface area contributed by atoms with Crippen LogP contribution in [0.15, 0.2) is 22.7 Å². The molecular weight excluding hydrogens is 328 g/mol. The van der Waals surface area contributed by atoms with Gasteiger partial charge in [0, 0.05) is 17.1 Å². The third-order valence-corrected chi connectivity index (χ3v) is 4.00. The molecule has 0 unspecified atom stereocenters. The number of anilines is 1. The highest BCUT2D eigenvalue weighted by Crippen LogP contribution is 2.35. The van der Waals surface area contributed by atoms with Crippen molar-refractivity contribution in [3.05, 3.63) is 32.8 Å². The minimum absolute atomic E-state index is 0.0238. The van der Waals surface area contributed by atoms with E-state index in [0.717, 1.165) is 17.3 Å². The zero-order valence-electron chi connectivity index (χ0n) is 11.0. The Morgan fingerprint density at radius 2 is 2.25 bits per heavy atom. The molecule has 0 bridgehead atoms. The second-order valence-corrected chi connectivity index (χ2v) is 5.77. The van der Waals surface area contributed by atoms with Crippen LogP contribution in [0.1, 0.15) is 12.8 Å². The van der Waals surface area contributed by atoms with E-state index in [-0.39, 0.29) is 17.6 Å². The SMILES string of the molecule is COC(=O)C1CC(CNc2cc(Br)ccc2[N+](=O)[O-])C1. The summed E-state index contributed by atoms with van der Waals surface area (Å²) in [5.41, 5.74) is 0.544. The third-order valence-electron chi connectivity index (χ3n) is 3.51. The summed E-state index contributed by atoms with van der Waals surface area (Å²) in [6.45, 7) is 0.616. The lowest BCUT2D eigenvalue weighted by Crippen LogP contribution is -2.35.